The van der Waals surface area contributed by atoms with Gasteiger partial charge in [-0.15, -0.1) is 0 Å². The predicted octanol–water partition coefficient (Wildman–Crippen LogP) is 3.24. The van der Waals surface area contributed by atoms with Crippen LogP contribution in [0.4, 0.5) is 14.9 Å². The lowest BCUT2D eigenvalue weighted by molar-refractivity contribution is 0.173. The van der Waals surface area contributed by atoms with Crippen LogP contribution in [-0.2, 0) is 4.74 Å². The highest BCUT2D eigenvalue weighted by Crippen LogP contribution is 2.25. The topological polar surface area (TPSA) is 63.5 Å². The summed E-state index contributed by atoms with van der Waals surface area (Å²) < 4.78 is 23.9. The van der Waals surface area contributed by atoms with Crippen molar-refractivity contribution in [1.82, 2.24) is 5.32 Å². The molecule has 112 valence electrons. The number of ether oxygens (including phenoxy) is 1. The van der Waals surface area contributed by atoms with Crippen LogP contribution in [0.15, 0.2) is 41.0 Å². The van der Waals surface area contributed by atoms with E-state index >= 15 is 0 Å². The molecule has 1 atom stereocenters. The van der Waals surface area contributed by atoms with Crippen LogP contribution >= 0.6 is 0 Å². The van der Waals surface area contributed by atoms with Crippen molar-refractivity contribution in [3.05, 3.63) is 42.4 Å². The van der Waals surface area contributed by atoms with E-state index in [1.807, 2.05) is 0 Å². The molecule has 1 aromatic heterocycles. The summed E-state index contributed by atoms with van der Waals surface area (Å²) >= 11 is 0. The Morgan fingerprint density at radius 2 is 2.24 bits per heavy atom. The van der Waals surface area contributed by atoms with Crippen molar-refractivity contribution in [2.45, 2.75) is 13.0 Å². The summed E-state index contributed by atoms with van der Waals surface area (Å²) in [4.78, 5) is 11.8. The Balaban J connectivity index is 2.09. The highest BCUT2D eigenvalue weighted by Gasteiger charge is 2.11. The number of amides is 2. The Morgan fingerprint density at radius 3 is 2.90 bits per heavy atom. The van der Waals surface area contributed by atoms with E-state index in [9.17, 15) is 9.18 Å². The summed E-state index contributed by atoms with van der Waals surface area (Å²) in [6, 6.07) is 7.23. The van der Waals surface area contributed by atoms with Gasteiger partial charge in [0, 0.05) is 12.7 Å². The molecule has 2 aromatic rings. The summed E-state index contributed by atoms with van der Waals surface area (Å²) in [5.41, 5.74) is 0.771. The summed E-state index contributed by atoms with van der Waals surface area (Å²) in [6.07, 6.45) is 1.53. The van der Waals surface area contributed by atoms with Crippen molar-refractivity contribution < 1.29 is 18.3 Å². The number of methoxy groups -OCH3 is 1. The van der Waals surface area contributed by atoms with Crippen molar-refractivity contribution in [2.75, 3.05) is 19.0 Å². The summed E-state index contributed by atoms with van der Waals surface area (Å²) in [6.45, 7) is 2.17. The zero-order valence-corrected chi connectivity index (χ0v) is 11.9. The van der Waals surface area contributed by atoms with Gasteiger partial charge in [0.15, 0.2) is 0 Å². The molecule has 2 amide bonds. The molecule has 0 radical (unpaired) electrons. The van der Waals surface area contributed by atoms with E-state index < -0.39 is 11.8 Å². The fourth-order valence-electron chi connectivity index (χ4n) is 1.89. The van der Waals surface area contributed by atoms with E-state index in [0.717, 1.165) is 0 Å². The van der Waals surface area contributed by atoms with Crippen molar-refractivity contribution in [3.8, 4) is 11.3 Å². The molecule has 0 aliphatic carbocycles. The predicted molar refractivity (Wildman–Crippen MR) is 77.6 cm³/mol. The quantitative estimate of drug-likeness (QED) is 0.889. The van der Waals surface area contributed by atoms with Crippen molar-refractivity contribution in [3.63, 3.8) is 0 Å². The van der Waals surface area contributed by atoms with Crippen LogP contribution in [0.2, 0.25) is 0 Å². The normalized spacial score (nSPS) is 12.0. The van der Waals surface area contributed by atoms with Crippen molar-refractivity contribution in [1.29, 1.82) is 0 Å². The molecular weight excluding hydrogens is 275 g/mol. The molecule has 2 N–H and O–H groups in total. The maximum atomic E-state index is 13.8. The number of halogens is 1. The second-order valence-corrected chi connectivity index (χ2v) is 4.63. The number of carbonyl (C=O) groups is 1. The second-order valence-electron chi connectivity index (χ2n) is 4.63. The minimum absolute atomic E-state index is 0.0889. The summed E-state index contributed by atoms with van der Waals surface area (Å²) in [5, 5.41) is 5.13. The zero-order valence-electron chi connectivity index (χ0n) is 11.9. The first-order chi connectivity index (χ1) is 10.1. The molecule has 1 unspecified atom stereocenters. The molecule has 1 aromatic carbocycles. The van der Waals surface area contributed by atoms with Crippen LogP contribution in [0.5, 0.6) is 0 Å². The second kappa shape index (κ2) is 6.90. The molecule has 0 fully saturated rings. The molecule has 5 nitrogen and oxygen atoms in total. The minimum Gasteiger partial charge on any atom is -0.464 e. The number of hydrogen-bond donors (Lipinski definition) is 2. The summed E-state index contributed by atoms with van der Waals surface area (Å²) in [5.74, 6) is 0.0889. The third-order valence-corrected chi connectivity index (χ3v) is 2.81. The largest absolute Gasteiger partial charge is 0.464 e. The van der Waals surface area contributed by atoms with Crippen LogP contribution in [0, 0.1) is 5.82 Å². The first kappa shape index (κ1) is 15.1. The van der Waals surface area contributed by atoms with Gasteiger partial charge in [-0.2, -0.15) is 0 Å². The monoisotopic (exact) mass is 292 g/mol. The molecule has 0 saturated carbocycles. The number of carbonyl (C=O) groups excluding carboxylic acids is 1. The van der Waals surface area contributed by atoms with Gasteiger partial charge in [-0.3, -0.25) is 0 Å². The van der Waals surface area contributed by atoms with E-state index in [1.165, 1.54) is 18.4 Å². The molecule has 0 saturated heterocycles. The SMILES string of the molecule is COCC(C)NC(=O)Nc1cc(-c2ccco2)ccc1F. The van der Waals surface area contributed by atoms with E-state index in [2.05, 4.69) is 10.6 Å². The molecule has 2 rings (SSSR count). The zero-order chi connectivity index (χ0) is 15.2. The number of nitrogens with one attached hydrogen (secondary N) is 2. The van der Waals surface area contributed by atoms with Gasteiger partial charge in [0.2, 0.25) is 0 Å². The Kier molecular flexibility index (Phi) is 4.94. The van der Waals surface area contributed by atoms with Gasteiger partial charge in [-0.25, -0.2) is 9.18 Å². The first-order valence-corrected chi connectivity index (χ1v) is 6.50. The van der Waals surface area contributed by atoms with Gasteiger partial charge < -0.3 is 19.8 Å². The Bertz CT molecular complexity index is 599. The number of urea groups is 1. The Labute approximate surface area is 122 Å². The van der Waals surface area contributed by atoms with Gasteiger partial charge in [0.05, 0.1) is 24.6 Å². The maximum Gasteiger partial charge on any atom is 0.319 e. The molecule has 1 heterocycles. The van der Waals surface area contributed by atoms with Crippen molar-refractivity contribution >= 4 is 11.7 Å². The van der Waals surface area contributed by atoms with Gasteiger partial charge in [0.1, 0.15) is 11.6 Å². The number of anilines is 1. The van der Waals surface area contributed by atoms with Crippen LogP contribution in [0.25, 0.3) is 11.3 Å². The number of benzene rings is 1. The fraction of sp³-hybridized carbons (Fsp3) is 0.267. The van der Waals surface area contributed by atoms with Gasteiger partial charge >= 0.3 is 6.03 Å². The average molecular weight is 292 g/mol. The molecule has 0 aliphatic heterocycles. The third-order valence-electron chi connectivity index (χ3n) is 2.81. The van der Waals surface area contributed by atoms with E-state index in [4.69, 9.17) is 9.15 Å². The number of rotatable bonds is 5. The van der Waals surface area contributed by atoms with Gasteiger partial charge in [-0.1, -0.05) is 0 Å². The molecule has 0 spiro atoms. The standard InChI is InChI=1S/C15H17FN2O3/c1-10(9-20-2)17-15(19)18-13-8-11(5-6-12(13)16)14-4-3-7-21-14/h3-8,10H,9H2,1-2H3,(H2,17,18,19). The average Bonchev–Trinajstić information content (AvgIpc) is 2.95. The van der Waals surface area contributed by atoms with Gasteiger partial charge in [-0.05, 0) is 37.3 Å². The number of hydrogen-bond acceptors (Lipinski definition) is 3. The summed E-state index contributed by atoms with van der Waals surface area (Å²) in [7, 11) is 1.54. The lowest BCUT2D eigenvalue weighted by Crippen LogP contribution is -2.38. The van der Waals surface area contributed by atoms with E-state index in [1.54, 1.807) is 32.2 Å². The first-order valence-electron chi connectivity index (χ1n) is 6.50. The van der Waals surface area contributed by atoms with Crippen LogP contribution in [0.1, 0.15) is 6.92 Å². The van der Waals surface area contributed by atoms with Crippen LogP contribution < -0.4 is 10.6 Å². The Hall–Kier alpha value is -2.34. The highest BCUT2D eigenvalue weighted by molar-refractivity contribution is 5.90. The molecule has 0 bridgehead atoms. The fourth-order valence-corrected chi connectivity index (χ4v) is 1.89. The highest BCUT2D eigenvalue weighted by atomic mass is 19.1. The Morgan fingerprint density at radius 1 is 1.43 bits per heavy atom. The van der Waals surface area contributed by atoms with Gasteiger partial charge in [0.25, 0.3) is 0 Å². The number of furan rings is 1. The molecule has 21 heavy (non-hydrogen) atoms. The van der Waals surface area contributed by atoms with Crippen molar-refractivity contribution in [2.24, 2.45) is 0 Å². The van der Waals surface area contributed by atoms with E-state index in [0.29, 0.717) is 17.9 Å². The minimum atomic E-state index is -0.514. The lowest BCUT2D eigenvalue weighted by Gasteiger charge is -2.14. The van der Waals surface area contributed by atoms with Crippen LogP contribution in [-0.4, -0.2) is 25.8 Å². The van der Waals surface area contributed by atoms with Crippen LogP contribution in [0.3, 0.4) is 0 Å². The lowest BCUT2D eigenvalue weighted by atomic mass is 10.1. The third kappa shape index (κ3) is 4.06. The maximum absolute atomic E-state index is 13.8. The molecule has 6 heteroatoms. The molecule has 0 aliphatic rings. The molecular formula is C15H17FN2O3. The van der Waals surface area contributed by atoms with E-state index in [-0.39, 0.29) is 11.7 Å². The smallest absolute Gasteiger partial charge is 0.319 e.